The normalized spacial score (nSPS) is 18.8. The SMILES string of the molecule is Cc1nc(N2CCN(c3ccnc(C4CC4)n3)CC2)sc1C. The second-order valence-corrected chi connectivity index (χ2v) is 7.34. The lowest BCUT2D eigenvalue weighted by molar-refractivity contribution is 0.643. The first-order valence-corrected chi connectivity index (χ1v) is 8.79. The van der Waals surface area contributed by atoms with Crippen LogP contribution in [0.3, 0.4) is 0 Å². The van der Waals surface area contributed by atoms with Gasteiger partial charge in [-0.25, -0.2) is 15.0 Å². The first kappa shape index (κ1) is 13.9. The Kier molecular flexibility index (Phi) is 3.48. The zero-order valence-electron chi connectivity index (χ0n) is 13.1. The fourth-order valence-corrected chi connectivity index (χ4v) is 3.76. The van der Waals surface area contributed by atoms with Gasteiger partial charge in [-0.3, -0.25) is 0 Å². The Labute approximate surface area is 135 Å². The fraction of sp³-hybridized carbons (Fsp3) is 0.562. The van der Waals surface area contributed by atoms with Crippen molar-refractivity contribution in [2.24, 2.45) is 0 Å². The van der Waals surface area contributed by atoms with E-state index >= 15 is 0 Å². The first-order valence-electron chi connectivity index (χ1n) is 7.97. The van der Waals surface area contributed by atoms with Gasteiger partial charge in [-0.2, -0.15) is 0 Å². The minimum atomic E-state index is 0.613. The van der Waals surface area contributed by atoms with Gasteiger partial charge in [0, 0.05) is 43.2 Å². The highest BCUT2D eigenvalue weighted by Gasteiger charge is 2.27. The molecule has 4 rings (SSSR count). The van der Waals surface area contributed by atoms with E-state index in [-0.39, 0.29) is 0 Å². The predicted molar refractivity (Wildman–Crippen MR) is 90.0 cm³/mol. The van der Waals surface area contributed by atoms with Crippen molar-refractivity contribution in [3.05, 3.63) is 28.7 Å². The van der Waals surface area contributed by atoms with E-state index in [0.717, 1.165) is 48.6 Å². The number of hydrogen-bond donors (Lipinski definition) is 0. The zero-order valence-corrected chi connectivity index (χ0v) is 13.9. The van der Waals surface area contributed by atoms with Crippen molar-refractivity contribution in [3.63, 3.8) is 0 Å². The van der Waals surface area contributed by atoms with Crippen LogP contribution in [0.5, 0.6) is 0 Å². The number of piperazine rings is 1. The van der Waals surface area contributed by atoms with Crippen molar-refractivity contribution >= 4 is 22.3 Å². The molecule has 2 aromatic rings. The van der Waals surface area contributed by atoms with Gasteiger partial charge in [0.1, 0.15) is 11.6 Å². The third kappa shape index (κ3) is 2.67. The van der Waals surface area contributed by atoms with Gasteiger partial charge in [0.2, 0.25) is 0 Å². The Balaban J connectivity index is 1.44. The molecule has 2 fully saturated rings. The molecule has 0 atom stereocenters. The molecule has 0 radical (unpaired) electrons. The molecule has 22 heavy (non-hydrogen) atoms. The van der Waals surface area contributed by atoms with Crippen LogP contribution in [0, 0.1) is 13.8 Å². The van der Waals surface area contributed by atoms with E-state index in [2.05, 4.69) is 33.6 Å². The van der Waals surface area contributed by atoms with Crippen molar-refractivity contribution in [1.82, 2.24) is 15.0 Å². The summed E-state index contributed by atoms with van der Waals surface area (Å²) >= 11 is 1.80. The standard InChI is InChI=1S/C16H21N5S/c1-11-12(2)22-16(18-11)21-9-7-20(8-10-21)14-5-6-17-15(19-14)13-3-4-13/h5-6,13H,3-4,7-10H2,1-2H3. The number of thiazole rings is 1. The lowest BCUT2D eigenvalue weighted by atomic mass is 10.3. The zero-order chi connectivity index (χ0) is 15.1. The topological polar surface area (TPSA) is 45.2 Å². The lowest BCUT2D eigenvalue weighted by Gasteiger charge is -2.35. The highest BCUT2D eigenvalue weighted by Crippen LogP contribution is 2.38. The van der Waals surface area contributed by atoms with Crippen molar-refractivity contribution in [2.45, 2.75) is 32.6 Å². The van der Waals surface area contributed by atoms with Gasteiger partial charge >= 0.3 is 0 Å². The van der Waals surface area contributed by atoms with Gasteiger partial charge in [0.25, 0.3) is 0 Å². The molecule has 116 valence electrons. The minimum Gasteiger partial charge on any atom is -0.353 e. The average Bonchev–Trinajstić information content (AvgIpc) is 3.34. The monoisotopic (exact) mass is 315 g/mol. The van der Waals surface area contributed by atoms with Crippen molar-refractivity contribution in [1.29, 1.82) is 0 Å². The van der Waals surface area contributed by atoms with Crippen LogP contribution in [0.15, 0.2) is 12.3 Å². The van der Waals surface area contributed by atoms with Crippen LogP contribution in [-0.2, 0) is 0 Å². The van der Waals surface area contributed by atoms with E-state index in [1.165, 1.54) is 17.7 Å². The van der Waals surface area contributed by atoms with Crippen molar-refractivity contribution in [2.75, 3.05) is 36.0 Å². The highest BCUT2D eigenvalue weighted by atomic mass is 32.1. The largest absolute Gasteiger partial charge is 0.353 e. The van der Waals surface area contributed by atoms with E-state index in [1.807, 2.05) is 12.3 Å². The van der Waals surface area contributed by atoms with Crippen LogP contribution in [0.1, 0.15) is 35.2 Å². The Morgan fingerprint density at radius 1 is 1.05 bits per heavy atom. The van der Waals surface area contributed by atoms with Crippen LogP contribution in [0.4, 0.5) is 10.9 Å². The third-order valence-corrected chi connectivity index (χ3v) is 5.63. The highest BCUT2D eigenvalue weighted by molar-refractivity contribution is 7.15. The summed E-state index contributed by atoms with van der Waals surface area (Å²) in [6, 6.07) is 2.04. The number of nitrogens with zero attached hydrogens (tertiary/aromatic N) is 5. The molecule has 2 aliphatic rings. The summed E-state index contributed by atoms with van der Waals surface area (Å²) in [5.74, 6) is 2.73. The first-order chi connectivity index (χ1) is 10.7. The van der Waals surface area contributed by atoms with Crippen molar-refractivity contribution < 1.29 is 0 Å². The summed E-state index contributed by atoms with van der Waals surface area (Å²) in [6.07, 6.45) is 4.41. The number of anilines is 2. The predicted octanol–water partition coefficient (Wildman–Crippen LogP) is 2.75. The number of hydrogen-bond acceptors (Lipinski definition) is 6. The van der Waals surface area contributed by atoms with Gasteiger partial charge in [-0.05, 0) is 32.8 Å². The molecule has 0 aromatic carbocycles. The average molecular weight is 315 g/mol. The number of aromatic nitrogens is 3. The Hall–Kier alpha value is -1.69. The molecule has 5 nitrogen and oxygen atoms in total. The van der Waals surface area contributed by atoms with Crippen LogP contribution < -0.4 is 9.80 Å². The molecule has 0 N–H and O–H groups in total. The van der Waals surface area contributed by atoms with Crippen LogP contribution >= 0.6 is 11.3 Å². The second-order valence-electron chi connectivity index (χ2n) is 6.16. The van der Waals surface area contributed by atoms with Gasteiger partial charge in [-0.1, -0.05) is 0 Å². The summed E-state index contributed by atoms with van der Waals surface area (Å²) in [5.41, 5.74) is 1.16. The number of aryl methyl sites for hydroxylation is 2. The van der Waals surface area contributed by atoms with Gasteiger partial charge in [0.15, 0.2) is 5.13 Å². The van der Waals surface area contributed by atoms with Crippen molar-refractivity contribution in [3.8, 4) is 0 Å². The maximum atomic E-state index is 4.76. The molecule has 0 unspecified atom stereocenters. The van der Waals surface area contributed by atoms with E-state index in [1.54, 1.807) is 11.3 Å². The quantitative estimate of drug-likeness (QED) is 0.871. The molecule has 2 aromatic heterocycles. The summed E-state index contributed by atoms with van der Waals surface area (Å²) in [6.45, 7) is 8.25. The van der Waals surface area contributed by atoms with Gasteiger partial charge in [-0.15, -0.1) is 11.3 Å². The van der Waals surface area contributed by atoms with Gasteiger partial charge in [0.05, 0.1) is 5.69 Å². The lowest BCUT2D eigenvalue weighted by Crippen LogP contribution is -2.46. The molecule has 1 aliphatic heterocycles. The Bertz CT molecular complexity index is 651. The smallest absolute Gasteiger partial charge is 0.185 e. The van der Waals surface area contributed by atoms with Gasteiger partial charge < -0.3 is 9.80 Å². The molecule has 0 spiro atoms. The van der Waals surface area contributed by atoms with Crippen LogP contribution in [0.25, 0.3) is 0 Å². The summed E-state index contributed by atoms with van der Waals surface area (Å²) in [7, 11) is 0. The molecular formula is C16H21N5S. The molecule has 1 saturated heterocycles. The second kappa shape index (κ2) is 5.50. The molecule has 0 bridgehead atoms. The Morgan fingerprint density at radius 3 is 2.41 bits per heavy atom. The maximum absolute atomic E-state index is 4.76. The summed E-state index contributed by atoms with van der Waals surface area (Å²) in [5, 5.41) is 1.16. The molecule has 6 heteroatoms. The van der Waals surface area contributed by atoms with Crippen LogP contribution in [-0.4, -0.2) is 41.1 Å². The fourth-order valence-electron chi connectivity index (χ4n) is 2.80. The maximum Gasteiger partial charge on any atom is 0.185 e. The molecule has 3 heterocycles. The number of rotatable bonds is 3. The summed E-state index contributed by atoms with van der Waals surface area (Å²) < 4.78 is 0. The van der Waals surface area contributed by atoms with E-state index < -0.39 is 0 Å². The minimum absolute atomic E-state index is 0.613. The third-order valence-electron chi connectivity index (χ3n) is 4.49. The van der Waals surface area contributed by atoms with E-state index in [4.69, 9.17) is 4.98 Å². The summed E-state index contributed by atoms with van der Waals surface area (Å²) in [4.78, 5) is 19.9. The molecule has 1 aliphatic carbocycles. The van der Waals surface area contributed by atoms with E-state index in [9.17, 15) is 0 Å². The van der Waals surface area contributed by atoms with E-state index in [0.29, 0.717) is 5.92 Å². The molecule has 1 saturated carbocycles. The molecular weight excluding hydrogens is 294 g/mol. The Morgan fingerprint density at radius 2 is 1.77 bits per heavy atom. The molecule has 0 amide bonds. The van der Waals surface area contributed by atoms with Crippen LogP contribution in [0.2, 0.25) is 0 Å².